The van der Waals surface area contributed by atoms with Gasteiger partial charge in [-0.3, -0.25) is 52.7 Å². The molecule has 0 saturated carbocycles. The average molecular weight is 1120 g/mol. The van der Waals surface area contributed by atoms with Crippen molar-refractivity contribution in [2.24, 2.45) is 46.4 Å². The van der Waals surface area contributed by atoms with Gasteiger partial charge in [0.2, 0.25) is 59.1 Å². The first kappa shape index (κ1) is 69.8. The van der Waals surface area contributed by atoms with E-state index in [4.69, 9.17) is 28.7 Å². The number of nitrogens with two attached hydrogens (primary N) is 5. The lowest BCUT2D eigenvalue weighted by atomic mass is 9.98. The Labute approximate surface area is 461 Å². The number of carboxylic acids is 2. The molecule has 20 N–H and O–H groups in total. The molecule has 444 valence electrons. The van der Waals surface area contributed by atoms with E-state index in [0.717, 1.165) is 0 Å². The van der Waals surface area contributed by atoms with Crippen molar-refractivity contribution in [3.63, 3.8) is 0 Å². The van der Waals surface area contributed by atoms with Crippen LogP contribution < -0.4 is 71.2 Å². The third kappa shape index (κ3) is 28.3. The molecule has 0 aromatic heterocycles. The number of primary amides is 2. The van der Waals surface area contributed by atoms with E-state index < -0.39 is 151 Å². The summed E-state index contributed by atoms with van der Waals surface area (Å²) in [5, 5.41) is 39.6. The highest BCUT2D eigenvalue weighted by atomic mass is 16.4. The summed E-state index contributed by atoms with van der Waals surface area (Å²) in [7, 11) is 0. The number of nitrogens with one attached hydrogen (secondary N) is 8. The highest BCUT2D eigenvalue weighted by molar-refractivity contribution is 5.99. The van der Waals surface area contributed by atoms with Crippen LogP contribution >= 0.6 is 0 Å². The van der Waals surface area contributed by atoms with Crippen LogP contribution in [0.1, 0.15) is 131 Å². The second-order valence-corrected chi connectivity index (χ2v) is 20.7. The highest BCUT2D eigenvalue weighted by Gasteiger charge is 2.36. The average Bonchev–Trinajstić information content (AvgIpc) is 3.36. The first-order valence-corrected chi connectivity index (χ1v) is 26.7. The van der Waals surface area contributed by atoms with Crippen molar-refractivity contribution in [1.29, 1.82) is 0 Å². The molecule has 27 nitrogen and oxygen atoms in total. The van der Waals surface area contributed by atoms with Crippen LogP contribution in [0.5, 0.6) is 0 Å². The first-order valence-electron chi connectivity index (χ1n) is 26.7. The highest BCUT2D eigenvalue weighted by Crippen LogP contribution is 2.14. The maximum Gasteiger partial charge on any atom is 0.326 e. The summed E-state index contributed by atoms with van der Waals surface area (Å²) in [5.74, 6) is -13.0. The van der Waals surface area contributed by atoms with Crippen molar-refractivity contribution in [2.75, 3.05) is 13.1 Å². The molecule has 0 saturated heterocycles. The second-order valence-electron chi connectivity index (χ2n) is 20.7. The number of amides is 10. The number of unbranched alkanes of at least 4 members (excludes halogenated alkanes) is 2. The smallest absolute Gasteiger partial charge is 0.326 e. The van der Waals surface area contributed by atoms with Crippen molar-refractivity contribution in [2.45, 2.75) is 186 Å². The SMILES string of the molecule is CC(C)C[C@H](NC(=O)[C@H](CC(C)C)NC(=O)[C@H](CCCCN)NC(=O)[C@H](CCC(N)=O)NC(=O)[C@@H](NC(=O)[C@@H](N)CCCCN)C(C)C)C(=O)N[C@@H](CCC(N)=O)C(=O)N[C@@H](CC(=O)O)C(=O)N[C@@H](Cc1ccccc1)C(=O)O. The minimum Gasteiger partial charge on any atom is -0.481 e. The Morgan fingerprint density at radius 2 is 0.835 bits per heavy atom. The Balaban J connectivity index is 3.51. The van der Waals surface area contributed by atoms with Gasteiger partial charge in [-0.2, -0.15) is 0 Å². The number of hydrogen-bond donors (Lipinski definition) is 15. The number of carboxylic acid groups (broad SMARTS) is 2. The van der Waals surface area contributed by atoms with E-state index in [2.05, 4.69) is 42.5 Å². The van der Waals surface area contributed by atoms with Gasteiger partial charge in [-0.05, 0) is 94.2 Å². The van der Waals surface area contributed by atoms with E-state index in [9.17, 15) is 67.7 Å². The van der Waals surface area contributed by atoms with Crippen LogP contribution in [0.2, 0.25) is 0 Å². The molecule has 1 rings (SSSR count). The molecule has 9 atom stereocenters. The number of benzene rings is 1. The molecule has 27 heteroatoms. The van der Waals surface area contributed by atoms with Gasteiger partial charge in [0.1, 0.15) is 48.3 Å². The van der Waals surface area contributed by atoms with Gasteiger partial charge < -0.3 is 81.4 Å². The molecule has 0 aliphatic carbocycles. The molecule has 0 spiro atoms. The number of carbonyl (C=O) groups is 12. The van der Waals surface area contributed by atoms with Crippen LogP contribution in [-0.4, -0.2) is 149 Å². The zero-order chi connectivity index (χ0) is 59.9. The van der Waals surface area contributed by atoms with Crippen molar-refractivity contribution in [3.05, 3.63) is 35.9 Å². The quantitative estimate of drug-likeness (QED) is 0.0303. The van der Waals surface area contributed by atoms with Gasteiger partial charge in [0.15, 0.2) is 0 Å². The van der Waals surface area contributed by atoms with Crippen molar-refractivity contribution < 1.29 is 67.7 Å². The third-order valence-corrected chi connectivity index (χ3v) is 12.3. The topological polar surface area (TPSA) is 472 Å². The van der Waals surface area contributed by atoms with E-state index in [1.54, 1.807) is 71.9 Å². The van der Waals surface area contributed by atoms with Gasteiger partial charge in [-0.1, -0.05) is 78.3 Å². The molecular weight excluding hydrogens is 1030 g/mol. The maximum atomic E-state index is 14.3. The minimum absolute atomic E-state index is 0.00189. The minimum atomic E-state index is -1.87. The van der Waals surface area contributed by atoms with Crippen LogP contribution in [-0.2, 0) is 64.0 Å². The van der Waals surface area contributed by atoms with Crippen LogP contribution in [0, 0.1) is 17.8 Å². The van der Waals surface area contributed by atoms with Gasteiger partial charge in [-0.15, -0.1) is 0 Å². The van der Waals surface area contributed by atoms with Crippen molar-refractivity contribution in [3.8, 4) is 0 Å². The van der Waals surface area contributed by atoms with E-state index in [1.807, 2.05) is 0 Å². The number of hydrogen-bond acceptors (Lipinski definition) is 15. The summed E-state index contributed by atoms with van der Waals surface area (Å²) >= 11 is 0. The lowest BCUT2D eigenvalue weighted by Crippen LogP contribution is -2.61. The van der Waals surface area contributed by atoms with Crippen LogP contribution in [0.3, 0.4) is 0 Å². The summed E-state index contributed by atoms with van der Waals surface area (Å²) < 4.78 is 0. The molecule has 0 unspecified atom stereocenters. The lowest BCUT2D eigenvalue weighted by molar-refractivity contribution is -0.143. The second kappa shape index (κ2) is 36.8. The van der Waals surface area contributed by atoms with E-state index >= 15 is 0 Å². The largest absolute Gasteiger partial charge is 0.481 e. The van der Waals surface area contributed by atoms with E-state index in [1.165, 1.54) is 0 Å². The molecule has 1 aromatic carbocycles. The molecule has 0 aliphatic heterocycles. The fourth-order valence-corrected chi connectivity index (χ4v) is 8.04. The molecule has 0 fully saturated rings. The van der Waals surface area contributed by atoms with Gasteiger partial charge in [0, 0.05) is 19.3 Å². The van der Waals surface area contributed by atoms with Crippen LogP contribution in [0.25, 0.3) is 0 Å². The zero-order valence-corrected chi connectivity index (χ0v) is 46.3. The Hall–Kier alpha value is -7.26. The standard InChI is InChI=1S/C52H87N13O14/c1-28(2)24-36(48(74)59-34(18-20-40(56)66)47(73)63-38(27-42(68)69)50(76)64-39(52(78)79)26-31-14-8-7-9-15-31)62-49(75)37(25-29(3)4)61-45(71)33(17-11-13-23-54)58-46(72)35(19-21-41(57)67)60-51(77)43(30(5)6)65-44(70)32(55)16-10-12-22-53/h7-9,14-15,28-30,32-39,43H,10-13,16-27,53-55H2,1-6H3,(H2,56,66)(H2,57,67)(H,58,72)(H,59,74)(H,60,77)(H,61,71)(H,62,75)(H,63,73)(H,64,76)(H,65,70)(H,68,69)(H,78,79)/t32-,33-,34-,35-,36-,37-,38-,39-,43-/m0/s1. The fourth-order valence-electron chi connectivity index (χ4n) is 8.04. The fraction of sp³-hybridized carbons (Fsp3) is 0.654. The number of rotatable bonds is 40. The molecule has 79 heavy (non-hydrogen) atoms. The zero-order valence-electron chi connectivity index (χ0n) is 46.3. The van der Waals surface area contributed by atoms with E-state index in [-0.39, 0.29) is 56.9 Å². The Kier molecular flexibility index (Phi) is 32.5. The normalized spacial score (nSPS) is 14.6. The summed E-state index contributed by atoms with van der Waals surface area (Å²) in [4.78, 5) is 159. The molecule has 0 aliphatic rings. The molecule has 0 bridgehead atoms. The van der Waals surface area contributed by atoms with Gasteiger partial charge >= 0.3 is 11.9 Å². The Morgan fingerprint density at radius 1 is 0.456 bits per heavy atom. The number of aliphatic carboxylic acids is 2. The van der Waals surface area contributed by atoms with Crippen LogP contribution in [0.15, 0.2) is 30.3 Å². The molecule has 1 aromatic rings. The predicted octanol–water partition coefficient (Wildman–Crippen LogP) is -2.47. The third-order valence-electron chi connectivity index (χ3n) is 12.3. The Bertz CT molecular complexity index is 2200. The van der Waals surface area contributed by atoms with Gasteiger partial charge in [-0.25, -0.2) is 4.79 Å². The first-order chi connectivity index (χ1) is 37.1. The van der Waals surface area contributed by atoms with Gasteiger partial charge in [0.05, 0.1) is 12.5 Å². The lowest BCUT2D eigenvalue weighted by Gasteiger charge is -2.29. The summed E-state index contributed by atoms with van der Waals surface area (Å²) in [6.07, 6.45) is -0.645. The summed E-state index contributed by atoms with van der Waals surface area (Å²) in [6.45, 7) is 10.9. The van der Waals surface area contributed by atoms with Crippen molar-refractivity contribution in [1.82, 2.24) is 42.5 Å². The summed E-state index contributed by atoms with van der Waals surface area (Å²) in [5.41, 5.74) is 28.7. The maximum absolute atomic E-state index is 14.3. The predicted molar refractivity (Wildman–Crippen MR) is 290 cm³/mol. The monoisotopic (exact) mass is 1120 g/mol. The molecule has 10 amide bonds. The van der Waals surface area contributed by atoms with E-state index in [0.29, 0.717) is 44.2 Å². The Morgan fingerprint density at radius 3 is 1.24 bits per heavy atom. The molecule has 0 heterocycles. The van der Waals surface area contributed by atoms with Crippen LogP contribution in [0.4, 0.5) is 0 Å². The molecule has 0 radical (unpaired) electrons. The van der Waals surface area contributed by atoms with Gasteiger partial charge in [0.25, 0.3) is 0 Å². The summed E-state index contributed by atoms with van der Waals surface area (Å²) in [6, 6.07) is -4.56. The van der Waals surface area contributed by atoms with Crippen molar-refractivity contribution >= 4 is 71.0 Å². The number of carbonyl (C=O) groups excluding carboxylic acids is 10. The molecular formula is C52H87N13O14.